The number of para-hydroxylation sites is 1. The van der Waals surface area contributed by atoms with E-state index in [1.165, 1.54) is 16.7 Å². The van der Waals surface area contributed by atoms with Gasteiger partial charge in [-0.15, -0.1) is 11.3 Å². The van der Waals surface area contributed by atoms with Crippen LogP contribution in [0.1, 0.15) is 17.9 Å². The van der Waals surface area contributed by atoms with E-state index in [0.29, 0.717) is 0 Å². The maximum absolute atomic E-state index is 6.62. The van der Waals surface area contributed by atoms with Gasteiger partial charge >= 0.3 is 0 Å². The van der Waals surface area contributed by atoms with Crippen LogP contribution in [-0.2, 0) is 0 Å². The summed E-state index contributed by atoms with van der Waals surface area (Å²) in [6, 6.07) is 55.4. The molecule has 1 aliphatic rings. The lowest BCUT2D eigenvalue weighted by Crippen LogP contribution is -2.17. The Balaban J connectivity index is 1.03. The van der Waals surface area contributed by atoms with Gasteiger partial charge in [0.2, 0.25) is 0 Å². The summed E-state index contributed by atoms with van der Waals surface area (Å²) < 4.78 is 14.0. The molecule has 0 N–H and O–H groups in total. The zero-order chi connectivity index (χ0) is 35.6. The van der Waals surface area contributed by atoms with Crippen molar-refractivity contribution in [3.63, 3.8) is 0 Å². The highest BCUT2D eigenvalue weighted by Gasteiger charge is 2.23. The summed E-state index contributed by atoms with van der Waals surface area (Å²) in [6.07, 6.45) is 7.89. The second-order valence-corrected chi connectivity index (χ2v) is 14.9. The van der Waals surface area contributed by atoms with Gasteiger partial charge in [-0.1, -0.05) is 115 Å². The largest absolute Gasteiger partial charge is 0.456 e. The van der Waals surface area contributed by atoms with Crippen LogP contribution in [0.15, 0.2) is 190 Å². The van der Waals surface area contributed by atoms with Gasteiger partial charge in [-0.2, -0.15) is 0 Å². The summed E-state index contributed by atoms with van der Waals surface area (Å²) in [5.74, 6) is 0.256. The molecule has 256 valence electrons. The summed E-state index contributed by atoms with van der Waals surface area (Å²) in [4.78, 5) is 7.48. The molecule has 0 radical (unpaired) electrons. The molecular weight excluding hydrogens is 681 g/mol. The zero-order valence-corrected chi connectivity index (χ0v) is 30.0. The van der Waals surface area contributed by atoms with Crippen molar-refractivity contribution in [2.45, 2.75) is 12.3 Å². The highest BCUT2D eigenvalue weighted by atomic mass is 32.1. The normalized spacial score (nSPS) is 14.4. The van der Waals surface area contributed by atoms with E-state index in [2.05, 4.69) is 163 Å². The molecule has 0 saturated carbocycles. The summed E-state index contributed by atoms with van der Waals surface area (Å²) in [7, 11) is 0. The topological polar surface area (TPSA) is 42.4 Å². The van der Waals surface area contributed by atoms with Gasteiger partial charge in [0.25, 0.3) is 0 Å². The van der Waals surface area contributed by atoms with Crippen LogP contribution in [-0.4, -0.2) is 4.98 Å². The van der Waals surface area contributed by atoms with E-state index in [1.807, 2.05) is 18.2 Å². The summed E-state index contributed by atoms with van der Waals surface area (Å²) in [6.45, 7) is 0. The summed E-state index contributed by atoms with van der Waals surface area (Å²) in [5, 5.41) is 5.33. The molecule has 3 aromatic heterocycles. The lowest BCUT2D eigenvalue weighted by atomic mass is 9.86. The number of allylic oxidation sites excluding steroid dienone is 3. The fourth-order valence-electron chi connectivity index (χ4n) is 8.09. The van der Waals surface area contributed by atoms with Gasteiger partial charge in [-0.05, 0) is 77.7 Å². The Morgan fingerprint density at radius 2 is 1.28 bits per heavy atom. The molecule has 1 unspecified atom stereocenters. The minimum atomic E-state index is 0.256. The average molecular weight is 713 g/mol. The first kappa shape index (κ1) is 30.9. The number of benzene rings is 7. The minimum Gasteiger partial charge on any atom is -0.456 e. The second-order valence-electron chi connectivity index (χ2n) is 13.9. The van der Waals surface area contributed by atoms with Gasteiger partial charge in [0.15, 0.2) is 0 Å². The van der Waals surface area contributed by atoms with Crippen molar-refractivity contribution in [3.8, 4) is 21.7 Å². The van der Waals surface area contributed by atoms with Crippen molar-refractivity contribution in [2.24, 2.45) is 0 Å². The lowest BCUT2D eigenvalue weighted by molar-refractivity contribution is 0.668. The molecule has 3 heterocycles. The van der Waals surface area contributed by atoms with E-state index in [4.69, 9.17) is 13.8 Å². The molecule has 0 amide bonds. The van der Waals surface area contributed by atoms with Crippen LogP contribution in [0.2, 0.25) is 0 Å². The van der Waals surface area contributed by atoms with Crippen molar-refractivity contribution in [1.29, 1.82) is 0 Å². The molecule has 0 fully saturated rings. The predicted molar refractivity (Wildman–Crippen MR) is 225 cm³/mol. The Hall–Kier alpha value is -6.69. The molecule has 1 atom stereocenters. The van der Waals surface area contributed by atoms with Crippen LogP contribution in [0.5, 0.6) is 0 Å². The summed E-state index contributed by atoms with van der Waals surface area (Å²) in [5.41, 5.74) is 12.6. The number of nitrogens with zero attached hydrogens (tertiary/aromatic N) is 2. The highest BCUT2D eigenvalue weighted by Crippen LogP contribution is 2.43. The summed E-state index contributed by atoms with van der Waals surface area (Å²) >= 11 is 1.72. The quantitative estimate of drug-likeness (QED) is 0.172. The van der Waals surface area contributed by atoms with Crippen LogP contribution in [0.4, 0.5) is 11.4 Å². The maximum atomic E-state index is 6.62. The predicted octanol–water partition coefficient (Wildman–Crippen LogP) is 14.2. The number of rotatable bonds is 6. The Morgan fingerprint density at radius 3 is 2.13 bits per heavy atom. The van der Waals surface area contributed by atoms with Crippen LogP contribution >= 0.6 is 11.3 Å². The monoisotopic (exact) mass is 712 g/mol. The molecule has 0 saturated heterocycles. The van der Waals surface area contributed by atoms with Gasteiger partial charge in [0.05, 0.1) is 15.6 Å². The first-order valence-electron chi connectivity index (χ1n) is 18.3. The van der Waals surface area contributed by atoms with Gasteiger partial charge in [-0.3, -0.25) is 0 Å². The van der Waals surface area contributed by atoms with Crippen LogP contribution in [0, 0.1) is 0 Å². The fraction of sp³-hybridized carbons (Fsp3) is 0.0408. The Morgan fingerprint density at radius 1 is 0.574 bits per heavy atom. The minimum absolute atomic E-state index is 0.256. The van der Waals surface area contributed by atoms with E-state index in [-0.39, 0.29) is 5.92 Å². The fourth-order valence-corrected chi connectivity index (χ4v) is 9.07. The van der Waals surface area contributed by atoms with Gasteiger partial charge in [0.1, 0.15) is 27.3 Å². The molecule has 0 aliphatic heterocycles. The molecule has 10 aromatic rings. The number of hydrogen-bond acceptors (Lipinski definition) is 5. The molecule has 7 aromatic carbocycles. The van der Waals surface area contributed by atoms with Crippen molar-refractivity contribution in [1.82, 2.24) is 4.98 Å². The molecule has 0 spiro atoms. The van der Waals surface area contributed by atoms with Crippen molar-refractivity contribution in [2.75, 3.05) is 4.90 Å². The van der Waals surface area contributed by atoms with E-state index in [1.54, 1.807) is 11.3 Å². The Labute approximate surface area is 315 Å². The number of thiazole rings is 1. The van der Waals surface area contributed by atoms with Crippen LogP contribution < -0.4 is 4.90 Å². The standard InChI is InChI=1S/C49H32N2O2S/c1-3-11-31(12-4-1)37-15-7-8-16-38(37)32-19-21-34(22-20-32)51(35-24-26-43-41(29-35)39-17-9-10-18-42(39)52-43)36-23-25-40-45(30-36)53-44-27-28-46-48(47(40)44)50-49(54-46)33-13-5-2-6-14-33/h1-19,21-30,32H,20H2. The maximum Gasteiger partial charge on any atom is 0.137 e. The van der Waals surface area contributed by atoms with E-state index < -0.39 is 0 Å². The van der Waals surface area contributed by atoms with Crippen LogP contribution in [0.25, 0.3) is 75.8 Å². The van der Waals surface area contributed by atoms with Gasteiger partial charge in [0, 0.05) is 50.8 Å². The van der Waals surface area contributed by atoms with E-state index in [0.717, 1.165) is 88.2 Å². The number of aromatic nitrogens is 1. The molecule has 54 heavy (non-hydrogen) atoms. The van der Waals surface area contributed by atoms with E-state index >= 15 is 0 Å². The lowest BCUT2D eigenvalue weighted by Gasteiger charge is -2.29. The van der Waals surface area contributed by atoms with Crippen molar-refractivity contribution < 1.29 is 8.83 Å². The third kappa shape index (κ3) is 5.08. The SMILES string of the molecule is C1=CC(c2ccccc2-c2ccccc2)CC=C1N(c1ccc2c(c1)oc1ccc3sc(-c4ccccc4)nc3c12)c1ccc2oc3ccccc3c2c1. The molecular formula is C49H32N2O2S. The number of hydrogen-bond donors (Lipinski definition) is 0. The second kappa shape index (κ2) is 12.5. The molecule has 4 nitrogen and oxygen atoms in total. The Kier molecular flexibility index (Phi) is 7.13. The molecule has 0 bridgehead atoms. The Bertz CT molecular complexity index is 3090. The van der Waals surface area contributed by atoms with Crippen LogP contribution in [0.3, 0.4) is 0 Å². The smallest absolute Gasteiger partial charge is 0.137 e. The first-order valence-corrected chi connectivity index (χ1v) is 19.1. The van der Waals surface area contributed by atoms with Gasteiger partial charge < -0.3 is 13.7 Å². The first-order chi connectivity index (χ1) is 26.7. The van der Waals surface area contributed by atoms with Crippen molar-refractivity contribution in [3.05, 3.63) is 187 Å². The average Bonchev–Trinajstić information content (AvgIpc) is 3.95. The molecule has 5 heteroatoms. The third-order valence-corrected chi connectivity index (χ3v) is 11.7. The van der Waals surface area contributed by atoms with Crippen molar-refractivity contribution >= 4 is 76.8 Å². The third-order valence-electron chi connectivity index (χ3n) is 10.7. The highest BCUT2D eigenvalue weighted by molar-refractivity contribution is 7.21. The zero-order valence-electron chi connectivity index (χ0n) is 29.1. The van der Waals surface area contributed by atoms with E-state index in [9.17, 15) is 0 Å². The number of furan rings is 2. The number of anilines is 2. The molecule has 1 aliphatic carbocycles. The molecule has 11 rings (SSSR count). The number of fused-ring (bicyclic) bond motifs is 8. The van der Waals surface area contributed by atoms with Gasteiger partial charge in [-0.25, -0.2) is 4.98 Å².